The van der Waals surface area contributed by atoms with Gasteiger partial charge < -0.3 is 22.1 Å². The summed E-state index contributed by atoms with van der Waals surface area (Å²) in [5.41, 5.74) is 16.2. The van der Waals surface area contributed by atoms with Crippen molar-refractivity contribution in [1.82, 2.24) is 4.90 Å². The third kappa shape index (κ3) is 5.29. The zero-order chi connectivity index (χ0) is 9.40. The molecule has 0 spiro atoms. The van der Waals surface area contributed by atoms with E-state index in [2.05, 4.69) is 0 Å². The zero-order valence-corrected chi connectivity index (χ0v) is 8.15. The molecular formula is C7H18N4S. The summed E-state index contributed by atoms with van der Waals surface area (Å²) >= 11 is 4.87. The molecule has 6 N–H and O–H groups in total. The second-order valence-electron chi connectivity index (χ2n) is 2.61. The van der Waals surface area contributed by atoms with E-state index in [0.29, 0.717) is 18.2 Å². The summed E-state index contributed by atoms with van der Waals surface area (Å²) < 4.78 is 0. The lowest BCUT2D eigenvalue weighted by Gasteiger charge is -2.21. The minimum atomic E-state index is 0.442. The molecule has 0 bridgehead atoms. The van der Waals surface area contributed by atoms with Crippen LogP contribution in [0.1, 0.15) is 12.8 Å². The van der Waals surface area contributed by atoms with Crippen molar-refractivity contribution < 1.29 is 0 Å². The van der Waals surface area contributed by atoms with Crippen molar-refractivity contribution in [3.8, 4) is 0 Å². The SMILES string of the molecule is NCCCN(CCCN)C(N)=S. The number of hydrogen-bond acceptors (Lipinski definition) is 3. The molecule has 0 aromatic heterocycles. The van der Waals surface area contributed by atoms with Gasteiger partial charge in [0.2, 0.25) is 0 Å². The highest BCUT2D eigenvalue weighted by atomic mass is 32.1. The summed E-state index contributed by atoms with van der Waals surface area (Å²) in [6, 6.07) is 0. The summed E-state index contributed by atoms with van der Waals surface area (Å²) in [5.74, 6) is 0. The molecule has 0 aliphatic carbocycles. The maximum Gasteiger partial charge on any atom is 0.166 e. The van der Waals surface area contributed by atoms with Crippen molar-refractivity contribution in [3.05, 3.63) is 0 Å². The van der Waals surface area contributed by atoms with Crippen LogP contribution < -0.4 is 17.2 Å². The average Bonchev–Trinajstić information content (AvgIpc) is 2.04. The van der Waals surface area contributed by atoms with Gasteiger partial charge in [0, 0.05) is 13.1 Å². The molecule has 4 nitrogen and oxygen atoms in total. The Balaban J connectivity index is 3.62. The van der Waals surface area contributed by atoms with E-state index in [4.69, 9.17) is 29.4 Å². The van der Waals surface area contributed by atoms with Gasteiger partial charge in [-0.05, 0) is 38.1 Å². The zero-order valence-electron chi connectivity index (χ0n) is 7.33. The molecule has 0 unspecified atom stereocenters. The molecule has 0 fully saturated rings. The minimum absolute atomic E-state index is 0.442. The summed E-state index contributed by atoms with van der Waals surface area (Å²) in [4.78, 5) is 1.94. The number of nitrogens with two attached hydrogens (primary N) is 3. The average molecular weight is 190 g/mol. The van der Waals surface area contributed by atoms with Crippen molar-refractivity contribution in [3.63, 3.8) is 0 Å². The van der Waals surface area contributed by atoms with Crippen molar-refractivity contribution in [2.75, 3.05) is 26.2 Å². The maximum absolute atomic E-state index is 5.49. The van der Waals surface area contributed by atoms with Crippen LogP contribution in [0.5, 0.6) is 0 Å². The Morgan fingerprint density at radius 1 is 1.08 bits per heavy atom. The molecule has 0 aliphatic rings. The van der Waals surface area contributed by atoms with E-state index < -0.39 is 0 Å². The number of nitrogens with zero attached hydrogens (tertiary/aromatic N) is 1. The van der Waals surface area contributed by atoms with E-state index in [9.17, 15) is 0 Å². The smallest absolute Gasteiger partial charge is 0.166 e. The molecule has 0 aliphatic heterocycles. The second kappa shape index (κ2) is 7.27. The first-order valence-corrected chi connectivity index (χ1v) is 4.57. The van der Waals surface area contributed by atoms with Gasteiger partial charge in [-0.1, -0.05) is 0 Å². The van der Waals surface area contributed by atoms with Crippen molar-refractivity contribution in [2.45, 2.75) is 12.8 Å². The van der Waals surface area contributed by atoms with E-state index in [0.717, 1.165) is 25.9 Å². The van der Waals surface area contributed by atoms with Crippen LogP contribution in [0.2, 0.25) is 0 Å². The highest BCUT2D eigenvalue weighted by Gasteiger charge is 2.03. The first-order valence-electron chi connectivity index (χ1n) is 4.17. The fourth-order valence-electron chi connectivity index (χ4n) is 0.896. The van der Waals surface area contributed by atoms with Crippen LogP contribution in [0, 0.1) is 0 Å². The predicted molar refractivity (Wildman–Crippen MR) is 55.7 cm³/mol. The molecule has 0 aromatic rings. The Bertz CT molecular complexity index is 121. The van der Waals surface area contributed by atoms with Gasteiger partial charge in [0.05, 0.1) is 0 Å². The monoisotopic (exact) mass is 190 g/mol. The summed E-state index contributed by atoms with van der Waals surface area (Å²) in [7, 11) is 0. The Morgan fingerprint density at radius 3 is 1.75 bits per heavy atom. The van der Waals surface area contributed by atoms with Crippen LogP contribution in [0.3, 0.4) is 0 Å². The molecule has 0 saturated heterocycles. The lowest BCUT2D eigenvalue weighted by Crippen LogP contribution is -2.38. The van der Waals surface area contributed by atoms with Gasteiger partial charge >= 0.3 is 0 Å². The Morgan fingerprint density at radius 2 is 1.50 bits per heavy atom. The molecule has 0 rings (SSSR count). The second-order valence-corrected chi connectivity index (χ2v) is 3.03. The van der Waals surface area contributed by atoms with Crippen molar-refractivity contribution >= 4 is 17.3 Å². The quantitative estimate of drug-likeness (QED) is 0.479. The maximum atomic E-state index is 5.49. The van der Waals surface area contributed by atoms with Gasteiger partial charge in [0.1, 0.15) is 0 Å². The van der Waals surface area contributed by atoms with Gasteiger partial charge in [0.15, 0.2) is 5.11 Å². The van der Waals surface area contributed by atoms with E-state index in [1.54, 1.807) is 0 Å². The molecular weight excluding hydrogens is 172 g/mol. The normalized spacial score (nSPS) is 9.83. The van der Waals surface area contributed by atoms with Crippen LogP contribution in [0.15, 0.2) is 0 Å². The van der Waals surface area contributed by atoms with E-state index in [1.807, 2.05) is 4.90 Å². The lowest BCUT2D eigenvalue weighted by molar-refractivity contribution is 0.410. The summed E-state index contributed by atoms with van der Waals surface area (Å²) in [5, 5.41) is 0.442. The van der Waals surface area contributed by atoms with Crippen LogP contribution in [-0.2, 0) is 0 Å². The fourth-order valence-corrected chi connectivity index (χ4v) is 1.08. The largest absolute Gasteiger partial charge is 0.376 e. The predicted octanol–water partition coefficient (Wildman–Crippen LogP) is -0.770. The Kier molecular flexibility index (Phi) is 7.03. The Labute approximate surface area is 79.1 Å². The highest BCUT2D eigenvalue weighted by molar-refractivity contribution is 7.80. The van der Waals surface area contributed by atoms with Crippen LogP contribution in [0.25, 0.3) is 0 Å². The molecule has 0 radical (unpaired) electrons. The van der Waals surface area contributed by atoms with E-state index in [1.165, 1.54) is 0 Å². The lowest BCUT2D eigenvalue weighted by atomic mass is 10.3. The van der Waals surface area contributed by atoms with Crippen LogP contribution >= 0.6 is 12.2 Å². The Hall–Kier alpha value is -0.390. The van der Waals surface area contributed by atoms with Crippen LogP contribution in [-0.4, -0.2) is 36.2 Å². The molecule has 0 heterocycles. The fraction of sp³-hybridized carbons (Fsp3) is 0.857. The first kappa shape index (κ1) is 11.6. The third-order valence-corrected chi connectivity index (χ3v) is 1.83. The van der Waals surface area contributed by atoms with Crippen molar-refractivity contribution in [2.24, 2.45) is 17.2 Å². The third-order valence-electron chi connectivity index (χ3n) is 1.58. The number of hydrogen-bond donors (Lipinski definition) is 3. The molecule has 72 valence electrons. The van der Waals surface area contributed by atoms with E-state index >= 15 is 0 Å². The molecule has 0 saturated carbocycles. The molecule has 0 aromatic carbocycles. The van der Waals surface area contributed by atoms with E-state index in [-0.39, 0.29) is 0 Å². The van der Waals surface area contributed by atoms with Crippen LogP contribution in [0.4, 0.5) is 0 Å². The topological polar surface area (TPSA) is 81.3 Å². The molecule has 0 amide bonds. The van der Waals surface area contributed by atoms with Gasteiger partial charge in [-0.3, -0.25) is 0 Å². The number of rotatable bonds is 6. The standard InChI is InChI=1S/C7H18N4S/c8-3-1-5-11(7(10)12)6-2-4-9/h1-6,8-9H2,(H2,10,12). The minimum Gasteiger partial charge on any atom is -0.376 e. The van der Waals surface area contributed by atoms with Gasteiger partial charge in [0.25, 0.3) is 0 Å². The molecule has 12 heavy (non-hydrogen) atoms. The van der Waals surface area contributed by atoms with Gasteiger partial charge in [-0.15, -0.1) is 0 Å². The van der Waals surface area contributed by atoms with Gasteiger partial charge in [-0.25, -0.2) is 0 Å². The molecule has 0 atom stereocenters. The molecule has 5 heteroatoms. The first-order chi connectivity index (χ1) is 5.72. The van der Waals surface area contributed by atoms with Gasteiger partial charge in [-0.2, -0.15) is 0 Å². The highest BCUT2D eigenvalue weighted by Crippen LogP contribution is 1.92. The summed E-state index contributed by atoms with van der Waals surface area (Å²) in [6.07, 6.45) is 1.84. The summed E-state index contributed by atoms with van der Waals surface area (Å²) in [6.45, 7) is 3.02. The number of thiocarbonyl (C=S) groups is 1. The van der Waals surface area contributed by atoms with Crippen molar-refractivity contribution in [1.29, 1.82) is 0 Å².